The van der Waals surface area contributed by atoms with Crippen molar-refractivity contribution < 1.29 is 14.3 Å². The van der Waals surface area contributed by atoms with Crippen LogP contribution in [0.2, 0.25) is 0 Å². The van der Waals surface area contributed by atoms with Gasteiger partial charge in [0.2, 0.25) is 0 Å². The first-order valence-electron chi connectivity index (χ1n) is 7.72. The molecule has 1 saturated heterocycles. The Hall–Kier alpha value is -1.55. The summed E-state index contributed by atoms with van der Waals surface area (Å²) >= 11 is 0. The number of ether oxygens (including phenoxy) is 2. The van der Waals surface area contributed by atoms with Gasteiger partial charge in [0.25, 0.3) is 0 Å². The largest absolute Gasteiger partial charge is 0.494 e. The molecule has 0 N–H and O–H groups in total. The number of hydrogen-bond acceptors (Lipinski definition) is 4. The molecule has 0 amide bonds. The second-order valence-electron chi connectivity index (χ2n) is 5.59. The maximum Gasteiger partial charge on any atom is 0.323 e. The monoisotopic (exact) mass is 291 g/mol. The molecule has 1 atom stereocenters. The summed E-state index contributed by atoms with van der Waals surface area (Å²) in [5.41, 5.74) is 1.20. The topological polar surface area (TPSA) is 38.8 Å². The second-order valence-corrected chi connectivity index (χ2v) is 5.59. The van der Waals surface area contributed by atoms with Gasteiger partial charge in [0.15, 0.2) is 0 Å². The Bertz CT molecular complexity index is 461. The van der Waals surface area contributed by atoms with Gasteiger partial charge in [0.05, 0.1) is 13.7 Å². The molecule has 21 heavy (non-hydrogen) atoms. The molecule has 1 heterocycles. The fraction of sp³-hybridized carbons (Fsp3) is 0.588. The van der Waals surface area contributed by atoms with Crippen LogP contribution in [0.25, 0.3) is 0 Å². The standard InChI is InChI=1S/C17H25NO3/c1-14-7-5-8-15(13-14)21-12-6-11-18-10-4-3-9-16(18)17(19)20-2/h5,7-8,13,16H,3-4,6,9-12H2,1-2H3. The van der Waals surface area contributed by atoms with Crippen LogP contribution < -0.4 is 4.74 Å². The summed E-state index contributed by atoms with van der Waals surface area (Å²) in [5.74, 6) is 0.812. The Balaban J connectivity index is 1.75. The molecule has 0 bridgehead atoms. The Kier molecular flexibility index (Phi) is 6.05. The van der Waals surface area contributed by atoms with Gasteiger partial charge in [0.1, 0.15) is 11.8 Å². The van der Waals surface area contributed by atoms with Crippen LogP contribution in [0, 0.1) is 6.92 Å². The number of likely N-dealkylation sites (tertiary alicyclic amines) is 1. The maximum atomic E-state index is 11.8. The van der Waals surface area contributed by atoms with Crippen molar-refractivity contribution in [2.45, 2.75) is 38.6 Å². The highest BCUT2D eigenvalue weighted by Gasteiger charge is 2.28. The number of hydrogen-bond donors (Lipinski definition) is 0. The van der Waals surface area contributed by atoms with Crippen LogP contribution in [0.5, 0.6) is 5.75 Å². The molecule has 1 aliphatic rings. The van der Waals surface area contributed by atoms with Crippen molar-refractivity contribution in [1.29, 1.82) is 0 Å². The van der Waals surface area contributed by atoms with E-state index >= 15 is 0 Å². The molecule has 4 nitrogen and oxygen atoms in total. The van der Waals surface area contributed by atoms with Crippen molar-refractivity contribution in [2.24, 2.45) is 0 Å². The van der Waals surface area contributed by atoms with E-state index in [1.807, 2.05) is 18.2 Å². The van der Waals surface area contributed by atoms with Crippen LogP contribution in [-0.2, 0) is 9.53 Å². The van der Waals surface area contributed by atoms with Gasteiger partial charge in [-0.15, -0.1) is 0 Å². The van der Waals surface area contributed by atoms with E-state index < -0.39 is 0 Å². The molecular formula is C17H25NO3. The quantitative estimate of drug-likeness (QED) is 0.597. The third-order valence-electron chi connectivity index (χ3n) is 3.93. The number of methoxy groups -OCH3 is 1. The minimum Gasteiger partial charge on any atom is -0.494 e. The minimum absolute atomic E-state index is 0.0669. The Morgan fingerprint density at radius 1 is 1.38 bits per heavy atom. The van der Waals surface area contributed by atoms with E-state index in [4.69, 9.17) is 9.47 Å². The van der Waals surface area contributed by atoms with Gasteiger partial charge in [-0.25, -0.2) is 0 Å². The summed E-state index contributed by atoms with van der Waals surface area (Å²) in [6.45, 7) is 4.59. The zero-order chi connectivity index (χ0) is 15.1. The molecular weight excluding hydrogens is 266 g/mol. The summed E-state index contributed by atoms with van der Waals surface area (Å²) in [6, 6.07) is 8.01. The van der Waals surface area contributed by atoms with Crippen LogP contribution >= 0.6 is 0 Å². The molecule has 116 valence electrons. The number of esters is 1. The van der Waals surface area contributed by atoms with E-state index in [-0.39, 0.29) is 12.0 Å². The van der Waals surface area contributed by atoms with Gasteiger partial charge >= 0.3 is 5.97 Å². The lowest BCUT2D eigenvalue weighted by Crippen LogP contribution is -2.45. The molecule has 1 unspecified atom stereocenters. The first-order valence-corrected chi connectivity index (χ1v) is 7.72. The number of nitrogens with zero attached hydrogens (tertiary/aromatic N) is 1. The smallest absolute Gasteiger partial charge is 0.323 e. The van der Waals surface area contributed by atoms with E-state index in [0.29, 0.717) is 6.61 Å². The molecule has 0 aromatic heterocycles. The normalized spacial score (nSPS) is 19.2. The fourth-order valence-corrected chi connectivity index (χ4v) is 2.82. The van der Waals surface area contributed by atoms with Crippen molar-refractivity contribution in [2.75, 3.05) is 26.8 Å². The van der Waals surface area contributed by atoms with Crippen molar-refractivity contribution in [1.82, 2.24) is 4.90 Å². The molecule has 1 aromatic carbocycles. The highest BCUT2D eigenvalue weighted by atomic mass is 16.5. The van der Waals surface area contributed by atoms with Crippen molar-refractivity contribution >= 4 is 5.97 Å². The fourth-order valence-electron chi connectivity index (χ4n) is 2.82. The number of benzene rings is 1. The molecule has 0 spiro atoms. The van der Waals surface area contributed by atoms with Crippen LogP contribution in [0.4, 0.5) is 0 Å². The molecule has 2 rings (SSSR count). The molecule has 1 aliphatic heterocycles. The lowest BCUT2D eigenvalue weighted by Gasteiger charge is -2.33. The second kappa shape index (κ2) is 8.03. The molecule has 1 fully saturated rings. The Morgan fingerprint density at radius 2 is 2.24 bits per heavy atom. The van der Waals surface area contributed by atoms with Crippen LogP contribution in [0.3, 0.4) is 0 Å². The third-order valence-corrected chi connectivity index (χ3v) is 3.93. The van der Waals surface area contributed by atoms with E-state index in [0.717, 1.165) is 44.5 Å². The summed E-state index contributed by atoms with van der Waals surface area (Å²) < 4.78 is 10.7. The number of carbonyl (C=O) groups is 1. The van der Waals surface area contributed by atoms with Gasteiger partial charge in [-0.2, -0.15) is 0 Å². The van der Waals surface area contributed by atoms with Gasteiger partial charge in [-0.1, -0.05) is 18.6 Å². The Morgan fingerprint density at radius 3 is 3.00 bits per heavy atom. The summed E-state index contributed by atoms with van der Waals surface area (Å²) in [4.78, 5) is 14.0. The zero-order valence-corrected chi connectivity index (χ0v) is 13.0. The van der Waals surface area contributed by atoms with Gasteiger partial charge in [0, 0.05) is 6.54 Å². The Labute approximate surface area is 127 Å². The lowest BCUT2D eigenvalue weighted by atomic mass is 10.0. The van der Waals surface area contributed by atoms with Gasteiger partial charge in [-0.05, 0) is 50.4 Å². The van der Waals surface area contributed by atoms with Crippen molar-refractivity contribution in [3.05, 3.63) is 29.8 Å². The first-order chi connectivity index (χ1) is 10.2. The van der Waals surface area contributed by atoms with Crippen LogP contribution in [0.1, 0.15) is 31.2 Å². The summed E-state index contributed by atoms with van der Waals surface area (Å²) in [5, 5.41) is 0. The molecule has 0 saturated carbocycles. The SMILES string of the molecule is COC(=O)C1CCCCN1CCCOc1cccc(C)c1. The van der Waals surface area contributed by atoms with Crippen molar-refractivity contribution in [3.63, 3.8) is 0 Å². The molecule has 0 radical (unpaired) electrons. The summed E-state index contributed by atoms with van der Waals surface area (Å²) in [7, 11) is 1.47. The van der Waals surface area contributed by atoms with Gasteiger partial charge in [-0.3, -0.25) is 9.69 Å². The van der Waals surface area contributed by atoms with Crippen LogP contribution in [-0.4, -0.2) is 43.7 Å². The lowest BCUT2D eigenvalue weighted by molar-refractivity contribution is -0.148. The highest BCUT2D eigenvalue weighted by Crippen LogP contribution is 2.18. The van der Waals surface area contributed by atoms with Crippen molar-refractivity contribution in [3.8, 4) is 5.75 Å². The minimum atomic E-state index is -0.102. The first kappa shape index (κ1) is 15.8. The van der Waals surface area contributed by atoms with Crippen LogP contribution in [0.15, 0.2) is 24.3 Å². The third kappa shape index (κ3) is 4.74. The molecule has 4 heteroatoms. The number of aryl methyl sites for hydroxylation is 1. The van der Waals surface area contributed by atoms with E-state index in [1.165, 1.54) is 12.7 Å². The molecule has 1 aromatic rings. The molecule has 0 aliphatic carbocycles. The number of rotatable bonds is 6. The zero-order valence-electron chi connectivity index (χ0n) is 13.0. The van der Waals surface area contributed by atoms with E-state index in [2.05, 4.69) is 17.9 Å². The average Bonchev–Trinajstić information content (AvgIpc) is 2.51. The number of piperidine rings is 1. The van der Waals surface area contributed by atoms with E-state index in [9.17, 15) is 4.79 Å². The highest BCUT2D eigenvalue weighted by molar-refractivity contribution is 5.75. The number of carbonyl (C=O) groups excluding carboxylic acids is 1. The predicted molar refractivity (Wildman–Crippen MR) is 82.5 cm³/mol. The maximum absolute atomic E-state index is 11.8. The predicted octanol–water partition coefficient (Wildman–Crippen LogP) is 2.79. The average molecular weight is 291 g/mol. The van der Waals surface area contributed by atoms with E-state index in [1.54, 1.807) is 0 Å². The summed E-state index contributed by atoms with van der Waals surface area (Å²) in [6.07, 6.45) is 4.09. The van der Waals surface area contributed by atoms with Gasteiger partial charge < -0.3 is 9.47 Å².